The first-order valence-corrected chi connectivity index (χ1v) is 6.24. The summed E-state index contributed by atoms with van der Waals surface area (Å²) in [6.07, 6.45) is 1.95. The number of nitrogens with one attached hydrogen (secondary N) is 1. The molecule has 1 aliphatic rings. The number of ether oxygens (including phenoxy) is 1. The second-order valence-electron chi connectivity index (χ2n) is 5.15. The Hall–Kier alpha value is -1.55. The summed E-state index contributed by atoms with van der Waals surface area (Å²) in [5.74, 6) is 0.0747. The third-order valence-electron chi connectivity index (χ3n) is 3.51. The van der Waals surface area contributed by atoms with Crippen molar-refractivity contribution in [2.45, 2.75) is 19.8 Å². The van der Waals surface area contributed by atoms with Gasteiger partial charge >= 0.3 is 0 Å². The molecule has 0 spiro atoms. The second-order valence-corrected chi connectivity index (χ2v) is 5.15. The van der Waals surface area contributed by atoms with Gasteiger partial charge in [-0.1, -0.05) is 6.92 Å². The monoisotopic (exact) mass is 249 g/mol. The molecule has 1 aromatic rings. The number of hydrogen-bond donors (Lipinski definition) is 2. The highest BCUT2D eigenvalue weighted by atomic mass is 16.5. The fourth-order valence-corrected chi connectivity index (χ4v) is 2.05. The SMILES string of the molecule is CC1(CNC(=O)c2ccc(O)cc2)CCOCC1. The molecular formula is C14H19NO3. The Morgan fingerprint density at radius 2 is 1.94 bits per heavy atom. The number of benzene rings is 1. The predicted octanol–water partition coefficient (Wildman–Crippen LogP) is 1.94. The molecule has 1 heterocycles. The van der Waals surface area contributed by atoms with Crippen LogP contribution >= 0.6 is 0 Å². The van der Waals surface area contributed by atoms with Gasteiger partial charge in [-0.25, -0.2) is 0 Å². The number of hydrogen-bond acceptors (Lipinski definition) is 3. The zero-order valence-corrected chi connectivity index (χ0v) is 10.6. The van der Waals surface area contributed by atoms with Crippen LogP contribution in [0.1, 0.15) is 30.1 Å². The molecule has 0 unspecified atom stereocenters. The van der Waals surface area contributed by atoms with Crippen LogP contribution in [0.15, 0.2) is 24.3 Å². The van der Waals surface area contributed by atoms with Crippen LogP contribution in [0.2, 0.25) is 0 Å². The largest absolute Gasteiger partial charge is 0.508 e. The Morgan fingerprint density at radius 3 is 2.56 bits per heavy atom. The van der Waals surface area contributed by atoms with Crippen LogP contribution < -0.4 is 5.32 Å². The molecular weight excluding hydrogens is 230 g/mol. The lowest BCUT2D eigenvalue weighted by Crippen LogP contribution is -2.39. The minimum absolute atomic E-state index is 0.0947. The third-order valence-corrected chi connectivity index (χ3v) is 3.51. The van der Waals surface area contributed by atoms with Gasteiger partial charge in [0.05, 0.1) is 0 Å². The fraction of sp³-hybridized carbons (Fsp3) is 0.500. The van der Waals surface area contributed by atoms with E-state index in [2.05, 4.69) is 12.2 Å². The highest BCUT2D eigenvalue weighted by Gasteiger charge is 2.27. The van der Waals surface area contributed by atoms with Gasteiger partial charge in [0.2, 0.25) is 0 Å². The standard InChI is InChI=1S/C14H19NO3/c1-14(6-8-18-9-7-14)10-15-13(17)11-2-4-12(16)5-3-11/h2-5,16H,6-10H2,1H3,(H,15,17). The van der Waals surface area contributed by atoms with Crippen molar-refractivity contribution < 1.29 is 14.6 Å². The maximum absolute atomic E-state index is 11.9. The number of phenolic OH excluding ortho intramolecular Hbond substituents is 1. The minimum atomic E-state index is -0.0947. The molecule has 2 rings (SSSR count). The first-order chi connectivity index (χ1) is 8.59. The first kappa shape index (κ1) is 12.9. The average molecular weight is 249 g/mol. The van der Waals surface area contributed by atoms with E-state index < -0.39 is 0 Å². The van der Waals surface area contributed by atoms with Crippen LogP contribution in [0.4, 0.5) is 0 Å². The van der Waals surface area contributed by atoms with E-state index in [4.69, 9.17) is 9.84 Å². The summed E-state index contributed by atoms with van der Waals surface area (Å²) in [5.41, 5.74) is 0.702. The second kappa shape index (κ2) is 5.40. The molecule has 1 amide bonds. The Bertz CT molecular complexity index is 408. The number of amides is 1. The smallest absolute Gasteiger partial charge is 0.251 e. The first-order valence-electron chi connectivity index (χ1n) is 6.24. The van der Waals surface area contributed by atoms with Crippen molar-refractivity contribution in [2.75, 3.05) is 19.8 Å². The lowest BCUT2D eigenvalue weighted by atomic mass is 9.82. The van der Waals surface area contributed by atoms with E-state index in [0.717, 1.165) is 26.1 Å². The normalized spacial score (nSPS) is 18.3. The molecule has 0 bridgehead atoms. The number of phenols is 1. The van der Waals surface area contributed by atoms with E-state index in [1.54, 1.807) is 12.1 Å². The van der Waals surface area contributed by atoms with E-state index in [-0.39, 0.29) is 17.1 Å². The van der Waals surface area contributed by atoms with Gasteiger partial charge in [0.1, 0.15) is 5.75 Å². The van der Waals surface area contributed by atoms with Crippen molar-refractivity contribution in [3.8, 4) is 5.75 Å². The molecule has 0 atom stereocenters. The maximum Gasteiger partial charge on any atom is 0.251 e. The molecule has 18 heavy (non-hydrogen) atoms. The van der Waals surface area contributed by atoms with Crippen molar-refractivity contribution in [2.24, 2.45) is 5.41 Å². The summed E-state index contributed by atoms with van der Waals surface area (Å²) in [7, 11) is 0. The summed E-state index contributed by atoms with van der Waals surface area (Å²) in [5, 5.41) is 12.1. The predicted molar refractivity (Wildman–Crippen MR) is 68.6 cm³/mol. The third kappa shape index (κ3) is 3.23. The minimum Gasteiger partial charge on any atom is -0.508 e. The topological polar surface area (TPSA) is 58.6 Å². The molecule has 1 fully saturated rings. The van der Waals surface area contributed by atoms with Gasteiger partial charge in [-0.2, -0.15) is 0 Å². The van der Waals surface area contributed by atoms with E-state index in [9.17, 15) is 4.79 Å². The van der Waals surface area contributed by atoms with E-state index in [1.807, 2.05) is 0 Å². The van der Waals surface area contributed by atoms with Gasteiger partial charge in [0, 0.05) is 25.3 Å². The number of aromatic hydroxyl groups is 1. The number of rotatable bonds is 3. The molecule has 0 aliphatic carbocycles. The maximum atomic E-state index is 11.9. The Morgan fingerprint density at radius 1 is 1.33 bits per heavy atom. The molecule has 4 nitrogen and oxygen atoms in total. The van der Waals surface area contributed by atoms with Crippen molar-refractivity contribution >= 4 is 5.91 Å². The number of carbonyl (C=O) groups is 1. The van der Waals surface area contributed by atoms with Gasteiger partial charge < -0.3 is 15.2 Å². The summed E-state index contributed by atoms with van der Waals surface area (Å²) in [6, 6.07) is 6.28. The highest BCUT2D eigenvalue weighted by molar-refractivity contribution is 5.94. The van der Waals surface area contributed by atoms with Crippen molar-refractivity contribution in [1.82, 2.24) is 5.32 Å². The van der Waals surface area contributed by atoms with Gasteiger partial charge in [-0.05, 0) is 42.5 Å². The van der Waals surface area contributed by atoms with Gasteiger partial charge in [0.15, 0.2) is 0 Å². The molecule has 0 aromatic heterocycles. The Labute approximate surface area is 107 Å². The van der Waals surface area contributed by atoms with Crippen LogP contribution in [0.5, 0.6) is 5.75 Å². The molecule has 0 radical (unpaired) electrons. The lowest BCUT2D eigenvalue weighted by molar-refractivity contribution is 0.0238. The zero-order chi connectivity index (χ0) is 13.0. The van der Waals surface area contributed by atoms with Gasteiger partial charge in [-0.15, -0.1) is 0 Å². The molecule has 1 aliphatic heterocycles. The lowest BCUT2D eigenvalue weighted by Gasteiger charge is -2.33. The van der Waals surface area contributed by atoms with E-state index in [0.29, 0.717) is 12.1 Å². The number of carbonyl (C=O) groups excluding carboxylic acids is 1. The van der Waals surface area contributed by atoms with E-state index in [1.165, 1.54) is 12.1 Å². The molecule has 2 N–H and O–H groups in total. The molecule has 4 heteroatoms. The quantitative estimate of drug-likeness (QED) is 0.860. The van der Waals surface area contributed by atoms with Crippen molar-refractivity contribution in [3.63, 3.8) is 0 Å². The van der Waals surface area contributed by atoms with Crippen LogP contribution in [-0.2, 0) is 4.74 Å². The van der Waals surface area contributed by atoms with Gasteiger partial charge in [0.25, 0.3) is 5.91 Å². The fourth-order valence-electron chi connectivity index (χ4n) is 2.05. The highest BCUT2D eigenvalue weighted by Crippen LogP contribution is 2.28. The summed E-state index contributed by atoms with van der Waals surface area (Å²) in [4.78, 5) is 11.9. The summed E-state index contributed by atoms with van der Waals surface area (Å²) >= 11 is 0. The zero-order valence-electron chi connectivity index (χ0n) is 10.6. The summed E-state index contributed by atoms with van der Waals surface area (Å²) in [6.45, 7) is 4.37. The Kier molecular flexibility index (Phi) is 3.87. The van der Waals surface area contributed by atoms with E-state index >= 15 is 0 Å². The van der Waals surface area contributed by atoms with Crippen LogP contribution in [0, 0.1) is 5.41 Å². The van der Waals surface area contributed by atoms with Crippen LogP contribution in [-0.4, -0.2) is 30.8 Å². The average Bonchev–Trinajstić information content (AvgIpc) is 2.38. The van der Waals surface area contributed by atoms with Gasteiger partial charge in [-0.3, -0.25) is 4.79 Å². The molecule has 98 valence electrons. The summed E-state index contributed by atoms with van der Waals surface area (Å²) < 4.78 is 5.33. The Balaban J connectivity index is 1.89. The van der Waals surface area contributed by atoms with Crippen molar-refractivity contribution in [1.29, 1.82) is 0 Å². The molecule has 1 saturated heterocycles. The molecule has 1 aromatic carbocycles. The molecule has 0 saturated carbocycles. The van der Waals surface area contributed by atoms with Crippen LogP contribution in [0.25, 0.3) is 0 Å². The van der Waals surface area contributed by atoms with Crippen molar-refractivity contribution in [3.05, 3.63) is 29.8 Å². The van der Waals surface area contributed by atoms with Crippen LogP contribution in [0.3, 0.4) is 0 Å².